The molecule has 4 aliphatic carbocycles. The van der Waals surface area contributed by atoms with Gasteiger partial charge in [-0.15, -0.1) is 0 Å². The summed E-state index contributed by atoms with van der Waals surface area (Å²) < 4.78 is 5.29. The first-order valence-electron chi connectivity index (χ1n) is 9.85. The maximum Gasteiger partial charge on any atom is 0.312 e. The molecule has 9 nitrogen and oxygen atoms in total. The molecule has 0 aliphatic heterocycles. The Morgan fingerprint density at radius 3 is 2.07 bits per heavy atom. The van der Waals surface area contributed by atoms with Gasteiger partial charge in [0.2, 0.25) is 0 Å². The van der Waals surface area contributed by atoms with E-state index in [1.54, 1.807) is 0 Å². The molecule has 2 amide bonds. The molecule has 1 aromatic carbocycles. The van der Waals surface area contributed by atoms with Gasteiger partial charge in [-0.25, -0.2) is 0 Å². The Morgan fingerprint density at radius 2 is 1.55 bits per heavy atom. The second-order valence-electron chi connectivity index (χ2n) is 8.58. The summed E-state index contributed by atoms with van der Waals surface area (Å²) in [7, 11) is 0. The minimum atomic E-state index is -0.640. The van der Waals surface area contributed by atoms with E-state index in [1.807, 2.05) is 0 Å². The zero-order valence-electron chi connectivity index (χ0n) is 15.9. The number of carbonyl (C=O) groups is 3. The Bertz CT molecular complexity index is 815. The van der Waals surface area contributed by atoms with Gasteiger partial charge in [0.05, 0.1) is 10.3 Å². The Morgan fingerprint density at radius 1 is 1.00 bits per heavy atom. The highest BCUT2D eigenvalue weighted by atomic mass is 16.6. The second kappa shape index (κ2) is 7.46. The van der Waals surface area contributed by atoms with Crippen LogP contribution in [0.4, 0.5) is 5.69 Å². The highest BCUT2D eigenvalue weighted by molar-refractivity contribution is 5.95. The number of esters is 1. The monoisotopic (exact) mass is 401 g/mol. The summed E-state index contributed by atoms with van der Waals surface area (Å²) in [5.41, 5.74) is 3.99. The van der Waals surface area contributed by atoms with Gasteiger partial charge < -0.3 is 4.74 Å². The van der Waals surface area contributed by atoms with Crippen molar-refractivity contribution in [2.24, 2.45) is 23.2 Å². The smallest absolute Gasteiger partial charge is 0.312 e. The summed E-state index contributed by atoms with van der Waals surface area (Å²) in [6.45, 7) is -0.457. The maximum atomic E-state index is 12.7. The fourth-order valence-electron chi connectivity index (χ4n) is 5.61. The van der Waals surface area contributed by atoms with E-state index in [2.05, 4.69) is 10.9 Å². The molecule has 0 radical (unpaired) electrons. The van der Waals surface area contributed by atoms with E-state index in [-0.39, 0.29) is 17.2 Å². The van der Waals surface area contributed by atoms with Crippen LogP contribution in [0.1, 0.15) is 48.9 Å². The van der Waals surface area contributed by atoms with E-state index in [0.717, 1.165) is 19.3 Å². The molecule has 2 N–H and O–H groups in total. The van der Waals surface area contributed by atoms with Crippen molar-refractivity contribution in [1.29, 1.82) is 0 Å². The van der Waals surface area contributed by atoms with Crippen LogP contribution in [0.25, 0.3) is 0 Å². The molecule has 0 aromatic heterocycles. The molecule has 9 heteroatoms. The third-order valence-electron chi connectivity index (χ3n) is 6.46. The van der Waals surface area contributed by atoms with Crippen molar-refractivity contribution in [1.82, 2.24) is 10.9 Å². The summed E-state index contributed by atoms with van der Waals surface area (Å²) in [6.07, 6.45) is 6.20. The normalized spacial score (nSPS) is 29.2. The summed E-state index contributed by atoms with van der Waals surface area (Å²) in [5, 5.41) is 10.6. The molecule has 0 atom stereocenters. The Hall–Kier alpha value is -2.97. The number of hydrogen-bond donors (Lipinski definition) is 2. The van der Waals surface area contributed by atoms with Crippen LogP contribution >= 0.6 is 0 Å². The lowest BCUT2D eigenvalue weighted by molar-refractivity contribution is -0.384. The van der Waals surface area contributed by atoms with Crippen LogP contribution in [-0.4, -0.2) is 29.3 Å². The lowest BCUT2D eigenvalue weighted by atomic mass is 9.49. The molecule has 0 unspecified atom stereocenters. The Kier molecular flexibility index (Phi) is 4.97. The Balaban J connectivity index is 1.24. The van der Waals surface area contributed by atoms with E-state index >= 15 is 0 Å². The number of nitro groups is 1. The summed E-state index contributed by atoms with van der Waals surface area (Å²) in [5.74, 6) is 0.239. The molecule has 0 spiro atoms. The molecule has 4 aliphatic rings. The fourth-order valence-corrected chi connectivity index (χ4v) is 5.61. The number of non-ortho nitro benzene ring substituents is 1. The quantitative estimate of drug-likeness (QED) is 0.442. The van der Waals surface area contributed by atoms with Crippen molar-refractivity contribution >= 4 is 23.5 Å². The second-order valence-corrected chi connectivity index (χ2v) is 8.58. The van der Waals surface area contributed by atoms with Gasteiger partial charge in [0, 0.05) is 17.7 Å². The van der Waals surface area contributed by atoms with Gasteiger partial charge in [-0.3, -0.25) is 35.3 Å². The highest BCUT2D eigenvalue weighted by Crippen LogP contribution is 2.60. The van der Waals surface area contributed by atoms with Crippen LogP contribution in [0.15, 0.2) is 24.3 Å². The van der Waals surface area contributed by atoms with Crippen molar-refractivity contribution in [3.05, 3.63) is 39.9 Å². The third-order valence-corrected chi connectivity index (χ3v) is 6.46. The van der Waals surface area contributed by atoms with Crippen LogP contribution in [0.5, 0.6) is 0 Å². The van der Waals surface area contributed by atoms with Crippen LogP contribution in [0.2, 0.25) is 0 Å². The number of nitro benzene ring substituents is 1. The van der Waals surface area contributed by atoms with Gasteiger partial charge in [-0.2, -0.15) is 0 Å². The molecule has 1 aromatic rings. The molecular formula is C20H23N3O6. The molecule has 0 saturated heterocycles. The minimum absolute atomic E-state index is 0.137. The maximum absolute atomic E-state index is 12.7. The lowest BCUT2D eigenvalue weighted by Crippen LogP contribution is -2.51. The van der Waals surface area contributed by atoms with E-state index in [1.165, 1.54) is 43.5 Å². The molecule has 4 saturated carbocycles. The summed E-state index contributed by atoms with van der Waals surface area (Å²) in [4.78, 5) is 46.7. The van der Waals surface area contributed by atoms with E-state index in [0.29, 0.717) is 17.8 Å². The zero-order chi connectivity index (χ0) is 20.6. The molecule has 29 heavy (non-hydrogen) atoms. The third kappa shape index (κ3) is 3.94. The van der Waals surface area contributed by atoms with E-state index in [9.17, 15) is 24.5 Å². The fraction of sp³-hybridized carbons (Fsp3) is 0.550. The van der Waals surface area contributed by atoms with Crippen LogP contribution in [0, 0.1) is 33.3 Å². The number of amides is 2. The van der Waals surface area contributed by atoms with Crippen molar-refractivity contribution in [2.45, 2.75) is 38.5 Å². The van der Waals surface area contributed by atoms with E-state index in [4.69, 9.17) is 4.74 Å². The number of rotatable bonds is 5. The molecule has 0 heterocycles. The number of nitrogens with one attached hydrogen (secondary N) is 2. The topological polar surface area (TPSA) is 128 Å². The Labute approximate surface area is 167 Å². The number of hydrazine groups is 1. The lowest BCUT2D eigenvalue weighted by Gasteiger charge is -2.55. The van der Waals surface area contributed by atoms with Gasteiger partial charge in [0.25, 0.3) is 17.5 Å². The molecule has 4 fully saturated rings. The number of carbonyl (C=O) groups excluding carboxylic acids is 3. The summed E-state index contributed by atoms with van der Waals surface area (Å²) >= 11 is 0. The minimum Gasteiger partial charge on any atom is -0.455 e. The molecular weight excluding hydrogens is 378 g/mol. The molecule has 154 valence electrons. The standard InChI is InChI=1S/C20H23N3O6/c24-17(21-22-18(25)15-1-3-16(4-2-15)23(27)28)11-29-19(26)20-8-12-5-13(9-20)7-14(6-12)10-20/h1-4,12-14H,5-11H2,(H,21,24)(H,22,25). The number of nitrogens with zero attached hydrogens (tertiary/aromatic N) is 1. The van der Waals surface area contributed by atoms with Crippen molar-refractivity contribution in [2.75, 3.05) is 6.61 Å². The number of hydrogen-bond acceptors (Lipinski definition) is 6. The average molecular weight is 401 g/mol. The SMILES string of the molecule is O=C(COC(=O)C12CC3CC(CC(C3)C1)C2)NNC(=O)c1ccc([N+](=O)[O-])cc1. The van der Waals surface area contributed by atoms with Crippen LogP contribution < -0.4 is 10.9 Å². The van der Waals surface area contributed by atoms with Crippen molar-refractivity contribution < 1.29 is 24.0 Å². The number of benzene rings is 1. The predicted octanol–water partition coefficient (Wildman–Crippen LogP) is 2.12. The first kappa shape index (κ1) is 19.4. The molecule has 5 rings (SSSR count). The van der Waals surface area contributed by atoms with Gasteiger partial charge >= 0.3 is 5.97 Å². The van der Waals surface area contributed by atoms with Gasteiger partial charge in [0.1, 0.15) is 0 Å². The van der Waals surface area contributed by atoms with Crippen LogP contribution in [0.3, 0.4) is 0 Å². The van der Waals surface area contributed by atoms with E-state index < -0.39 is 28.8 Å². The van der Waals surface area contributed by atoms with Gasteiger partial charge in [0.15, 0.2) is 6.61 Å². The number of ether oxygens (including phenoxy) is 1. The zero-order valence-corrected chi connectivity index (χ0v) is 15.9. The van der Waals surface area contributed by atoms with Crippen molar-refractivity contribution in [3.63, 3.8) is 0 Å². The first-order chi connectivity index (χ1) is 13.8. The summed E-state index contributed by atoms with van der Waals surface area (Å²) in [6, 6.07) is 4.97. The molecule has 4 bridgehead atoms. The largest absolute Gasteiger partial charge is 0.455 e. The average Bonchev–Trinajstić information content (AvgIpc) is 2.69. The van der Waals surface area contributed by atoms with Gasteiger partial charge in [-0.05, 0) is 68.4 Å². The van der Waals surface area contributed by atoms with Gasteiger partial charge in [-0.1, -0.05) is 0 Å². The van der Waals surface area contributed by atoms with Crippen molar-refractivity contribution in [3.8, 4) is 0 Å². The van der Waals surface area contributed by atoms with Crippen LogP contribution in [-0.2, 0) is 14.3 Å². The highest BCUT2D eigenvalue weighted by Gasteiger charge is 2.55. The first-order valence-corrected chi connectivity index (χ1v) is 9.85. The predicted molar refractivity (Wildman–Crippen MR) is 100 cm³/mol.